The smallest absolute Gasteiger partial charge is 0.177 e. The van der Waals surface area contributed by atoms with Gasteiger partial charge in [-0.2, -0.15) is 0 Å². The molecule has 0 unspecified atom stereocenters. The van der Waals surface area contributed by atoms with Crippen LogP contribution in [0.25, 0.3) is 0 Å². The SMILES string of the molecule is Bc1nc(C(C)(C)C)cs1. The standard InChI is InChI=1S/C7H12BNS/c1-7(2,3)5-4-10-6(8)9-5/h4H,8H2,1-3H3. The van der Waals surface area contributed by atoms with Gasteiger partial charge in [0.2, 0.25) is 0 Å². The van der Waals surface area contributed by atoms with Crippen molar-refractivity contribution in [1.82, 2.24) is 4.98 Å². The Morgan fingerprint density at radius 3 is 2.30 bits per heavy atom. The summed E-state index contributed by atoms with van der Waals surface area (Å²) >= 11 is 1.72. The van der Waals surface area contributed by atoms with E-state index >= 15 is 0 Å². The van der Waals surface area contributed by atoms with Crippen molar-refractivity contribution in [3.63, 3.8) is 0 Å². The van der Waals surface area contributed by atoms with Gasteiger partial charge >= 0.3 is 0 Å². The third-order valence-corrected chi connectivity index (χ3v) is 2.16. The normalized spacial score (nSPS) is 11.9. The second kappa shape index (κ2) is 2.38. The van der Waals surface area contributed by atoms with E-state index in [-0.39, 0.29) is 5.41 Å². The largest absolute Gasteiger partial charge is 0.257 e. The summed E-state index contributed by atoms with van der Waals surface area (Å²) in [6, 6.07) is 0. The van der Waals surface area contributed by atoms with Gasteiger partial charge in [-0.25, -0.2) is 0 Å². The number of thiazole rings is 1. The molecule has 0 spiro atoms. The first-order valence-corrected chi connectivity index (χ1v) is 4.31. The number of hydrogen-bond donors (Lipinski definition) is 0. The van der Waals surface area contributed by atoms with Crippen molar-refractivity contribution in [3.05, 3.63) is 11.1 Å². The molecule has 1 nitrogen and oxygen atoms in total. The highest BCUT2D eigenvalue weighted by Gasteiger charge is 2.15. The molecule has 3 heteroatoms. The Morgan fingerprint density at radius 1 is 1.50 bits per heavy atom. The van der Waals surface area contributed by atoms with E-state index in [1.54, 1.807) is 11.3 Å². The van der Waals surface area contributed by atoms with Crippen LogP contribution in [0.5, 0.6) is 0 Å². The maximum absolute atomic E-state index is 4.40. The van der Waals surface area contributed by atoms with Crippen LogP contribution in [0.3, 0.4) is 0 Å². The summed E-state index contributed by atoms with van der Waals surface area (Å²) in [4.78, 5) is 5.56. The molecule has 1 heterocycles. The third kappa shape index (κ3) is 1.60. The number of aromatic nitrogens is 1. The molecular weight excluding hydrogens is 141 g/mol. The third-order valence-electron chi connectivity index (χ3n) is 1.39. The van der Waals surface area contributed by atoms with Crippen LogP contribution in [0.1, 0.15) is 26.5 Å². The molecule has 0 saturated carbocycles. The van der Waals surface area contributed by atoms with Gasteiger partial charge in [0.25, 0.3) is 0 Å². The number of hydrogen-bond acceptors (Lipinski definition) is 2. The summed E-state index contributed by atoms with van der Waals surface area (Å²) in [6.07, 6.45) is 0. The minimum absolute atomic E-state index is 0.213. The quantitative estimate of drug-likeness (QED) is 0.500. The molecule has 0 bridgehead atoms. The topological polar surface area (TPSA) is 12.9 Å². The van der Waals surface area contributed by atoms with Gasteiger partial charge in [0.1, 0.15) is 0 Å². The van der Waals surface area contributed by atoms with E-state index in [1.807, 2.05) is 7.85 Å². The minimum atomic E-state index is 0.213. The zero-order valence-corrected chi connectivity index (χ0v) is 7.75. The summed E-state index contributed by atoms with van der Waals surface area (Å²) in [7, 11) is 2.04. The second-order valence-electron chi connectivity index (χ2n) is 3.50. The van der Waals surface area contributed by atoms with E-state index in [0.29, 0.717) is 0 Å². The van der Waals surface area contributed by atoms with E-state index < -0.39 is 0 Å². The highest BCUT2D eigenvalue weighted by atomic mass is 32.1. The molecule has 0 amide bonds. The molecular formula is C7H12BNS. The lowest BCUT2D eigenvalue weighted by Crippen LogP contribution is -2.13. The van der Waals surface area contributed by atoms with Crippen LogP contribution >= 0.6 is 11.3 Å². The zero-order valence-electron chi connectivity index (χ0n) is 6.93. The van der Waals surface area contributed by atoms with Crippen LogP contribution in [0, 0.1) is 0 Å². The fourth-order valence-corrected chi connectivity index (χ4v) is 1.55. The van der Waals surface area contributed by atoms with Crippen LogP contribution in [-0.2, 0) is 5.41 Å². The molecule has 10 heavy (non-hydrogen) atoms. The summed E-state index contributed by atoms with van der Waals surface area (Å²) < 4.78 is 0. The van der Waals surface area contributed by atoms with Crippen LogP contribution in [0.2, 0.25) is 0 Å². The van der Waals surface area contributed by atoms with Crippen molar-refractivity contribution in [2.45, 2.75) is 26.2 Å². The summed E-state index contributed by atoms with van der Waals surface area (Å²) in [5.41, 5.74) is 1.42. The van der Waals surface area contributed by atoms with Crippen LogP contribution in [0.15, 0.2) is 5.38 Å². The van der Waals surface area contributed by atoms with Gasteiger partial charge in [0.15, 0.2) is 7.85 Å². The Labute approximate surface area is 66.9 Å². The number of nitrogens with zero attached hydrogens (tertiary/aromatic N) is 1. The lowest BCUT2D eigenvalue weighted by molar-refractivity contribution is 0.574. The van der Waals surface area contributed by atoms with Crippen molar-refractivity contribution in [3.8, 4) is 0 Å². The van der Waals surface area contributed by atoms with Gasteiger partial charge in [-0.15, -0.1) is 11.3 Å². The fraction of sp³-hybridized carbons (Fsp3) is 0.571. The molecule has 0 saturated heterocycles. The zero-order chi connectivity index (χ0) is 7.78. The second-order valence-corrected chi connectivity index (χ2v) is 4.56. The average Bonchev–Trinajstić information content (AvgIpc) is 2.11. The molecule has 1 aromatic rings. The molecule has 1 aromatic heterocycles. The highest BCUT2D eigenvalue weighted by Crippen LogP contribution is 2.19. The summed E-state index contributed by atoms with van der Waals surface area (Å²) in [6.45, 7) is 6.55. The molecule has 0 N–H and O–H groups in total. The van der Waals surface area contributed by atoms with E-state index in [2.05, 4.69) is 31.1 Å². The van der Waals surface area contributed by atoms with Gasteiger partial charge in [-0.1, -0.05) is 20.8 Å². The van der Waals surface area contributed by atoms with Crippen molar-refractivity contribution in [2.24, 2.45) is 0 Å². The first kappa shape index (κ1) is 7.80. The summed E-state index contributed by atoms with van der Waals surface area (Å²) in [5, 5.41) is 2.13. The lowest BCUT2D eigenvalue weighted by Gasteiger charge is -2.13. The van der Waals surface area contributed by atoms with Crippen molar-refractivity contribution in [2.75, 3.05) is 0 Å². The number of rotatable bonds is 0. The Hall–Kier alpha value is -0.305. The van der Waals surface area contributed by atoms with Gasteiger partial charge in [-0.05, 0) is 0 Å². The Kier molecular flexibility index (Phi) is 1.86. The molecule has 0 aromatic carbocycles. The lowest BCUT2D eigenvalue weighted by atomic mass is 9.93. The van der Waals surface area contributed by atoms with E-state index in [4.69, 9.17) is 0 Å². The molecule has 0 aliphatic heterocycles. The van der Waals surface area contributed by atoms with Crippen LogP contribution in [-0.4, -0.2) is 12.8 Å². The van der Waals surface area contributed by atoms with Gasteiger partial charge < -0.3 is 0 Å². The maximum Gasteiger partial charge on any atom is 0.177 e. The Bertz CT molecular complexity index is 224. The van der Waals surface area contributed by atoms with Gasteiger partial charge in [0.05, 0.1) is 5.69 Å². The average molecular weight is 153 g/mol. The molecule has 1 rings (SSSR count). The molecule has 0 aliphatic carbocycles. The van der Waals surface area contributed by atoms with Crippen LogP contribution in [0.4, 0.5) is 0 Å². The van der Waals surface area contributed by atoms with Crippen molar-refractivity contribution in [1.29, 1.82) is 0 Å². The van der Waals surface area contributed by atoms with Crippen LogP contribution < -0.4 is 4.91 Å². The molecule has 0 atom stereocenters. The molecule has 0 radical (unpaired) electrons. The van der Waals surface area contributed by atoms with E-state index in [0.717, 1.165) is 4.91 Å². The predicted molar refractivity (Wildman–Crippen MR) is 49.0 cm³/mol. The summed E-state index contributed by atoms with van der Waals surface area (Å²) in [5.74, 6) is 0. The molecule has 0 aliphatic rings. The minimum Gasteiger partial charge on any atom is -0.257 e. The Morgan fingerprint density at radius 2 is 2.10 bits per heavy atom. The maximum atomic E-state index is 4.40. The highest BCUT2D eigenvalue weighted by molar-refractivity contribution is 7.17. The van der Waals surface area contributed by atoms with Crippen molar-refractivity contribution < 1.29 is 0 Å². The van der Waals surface area contributed by atoms with Crippen molar-refractivity contribution >= 4 is 24.1 Å². The predicted octanol–water partition coefficient (Wildman–Crippen LogP) is 0.699. The van der Waals surface area contributed by atoms with E-state index in [1.165, 1.54) is 5.69 Å². The first-order valence-electron chi connectivity index (χ1n) is 3.43. The van der Waals surface area contributed by atoms with Gasteiger partial charge in [0, 0.05) is 15.7 Å². The van der Waals surface area contributed by atoms with Gasteiger partial charge in [-0.3, -0.25) is 4.98 Å². The van der Waals surface area contributed by atoms with E-state index in [9.17, 15) is 0 Å². The first-order chi connectivity index (χ1) is 4.50. The molecule has 0 fully saturated rings. The monoisotopic (exact) mass is 153 g/mol. The molecule has 54 valence electrons. The Balaban J connectivity index is 2.96. The fourth-order valence-electron chi connectivity index (χ4n) is 0.708.